The summed E-state index contributed by atoms with van der Waals surface area (Å²) in [6.07, 6.45) is 1.42. The lowest BCUT2D eigenvalue weighted by Gasteiger charge is -2.45. The summed E-state index contributed by atoms with van der Waals surface area (Å²) in [5, 5.41) is -1.11. The van der Waals surface area contributed by atoms with E-state index in [0.29, 0.717) is 43.2 Å². The van der Waals surface area contributed by atoms with Crippen LogP contribution in [0.25, 0.3) is 0 Å². The molecule has 2 saturated carbocycles. The van der Waals surface area contributed by atoms with Gasteiger partial charge in [0.15, 0.2) is 0 Å². The van der Waals surface area contributed by atoms with Crippen LogP contribution in [0.3, 0.4) is 0 Å². The Balaban J connectivity index is 1.02. The molecule has 0 radical (unpaired) electrons. The minimum atomic E-state index is -4.48. The van der Waals surface area contributed by atoms with Crippen LogP contribution in [0.2, 0.25) is 0 Å². The number of carbonyl (C=O) groups is 2. The third-order valence-corrected chi connectivity index (χ3v) is 14.3. The van der Waals surface area contributed by atoms with E-state index in [1.54, 1.807) is 0 Å². The minimum Gasteiger partial charge on any atom is -0.459 e. The maximum atomic E-state index is 14.1. The molecule has 0 amide bonds. The molecule has 1 N–H and O–H groups in total. The van der Waals surface area contributed by atoms with Crippen molar-refractivity contribution in [2.45, 2.75) is 72.7 Å². The van der Waals surface area contributed by atoms with Crippen LogP contribution in [0, 0.1) is 23.7 Å². The van der Waals surface area contributed by atoms with Gasteiger partial charge in [-0.2, -0.15) is 16.8 Å². The van der Waals surface area contributed by atoms with E-state index in [4.69, 9.17) is 13.7 Å². The Morgan fingerprint density at radius 1 is 0.809 bits per heavy atom. The quantitative estimate of drug-likeness (QED) is 0.179. The van der Waals surface area contributed by atoms with E-state index in [-0.39, 0.29) is 22.5 Å². The van der Waals surface area contributed by atoms with Gasteiger partial charge in [0, 0.05) is 23.7 Å². The summed E-state index contributed by atoms with van der Waals surface area (Å²) >= 11 is 0. The third kappa shape index (κ3) is 4.27. The number of esters is 2. The topological polar surface area (TPSA) is 150 Å². The van der Waals surface area contributed by atoms with Gasteiger partial charge in [-0.1, -0.05) is 48.5 Å². The number of hydrogen-bond acceptors (Lipinski definition) is 9. The Hall–Kier alpha value is -3.58. The molecule has 47 heavy (non-hydrogen) atoms. The molecule has 10 nitrogen and oxygen atoms in total. The van der Waals surface area contributed by atoms with Gasteiger partial charge in [0.05, 0.1) is 16.7 Å². The molecule has 10 rings (SSSR count). The fourth-order valence-electron chi connectivity index (χ4n) is 9.86. The second kappa shape index (κ2) is 10.2. The summed E-state index contributed by atoms with van der Waals surface area (Å²) in [5.74, 6) is -3.93. The van der Waals surface area contributed by atoms with Crippen LogP contribution in [-0.4, -0.2) is 50.8 Å². The van der Waals surface area contributed by atoms with Crippen LogP contribution in [0.15, 0.2) is 65.6 Å². The molecular weight excluding hydrogens is 645 g/mol. The number of ether oxygens (including phenoxy) is 2. The van der Waals surface area contributed by atoms with E-state index < -0.39 is 73.3 Å². The van der Waals surface area contributed by atoms with Gasteiger partial charge < -0.3 is 9.47 Å². The molecule has 7 atom stereocenters. The van der Waals surface area contributed by atoms with E-state index in [1.165, 1.54) is 23.3 Å². The molecule has 7 aliphatic rings. The Morgan fingerprint density at radius 2 is 1.45 bits per heavy atom. The average molecular weight is 677 g/mol. The lowest BCUT2D eigenvalue weighted by atomic mass is 9.59. The van der Waals surface area contributed by atoms with Gasteiger partial charge in [0.1, 0.15) is 23.2 Å². The molecule has 1 aliphatic heterocycles. The van der Waals surface area contributed by atoms with Crippen molar-refractivity contribution in [2.75, 3.05) is 0 Å². The summed E-state index contributed by atoms with van der Waals surface area (Å²) in [6, 6.07) is 18.9. The molecule has 1 saturated heterocycles. The molecule has 244 valence electrons. The van der Waals surface area contributed by atoms with Crippen molar-refractivity contribution in [1.82, 2.24) is 0 Å². The van der Waals surface area contributed by atoms with Gasteiger partial charge in [-0.25, -0.2) is 0 Å². The molecule has 7 unspecified atom stereocenters. The van der Waals surface area contributed by atoms with Crippen molar-refractivity contribution in [2.24, 2.45) is 23.7 Å². The average Bonchev–Trinajstić information content (AvgIpc) is 3.67. The van der Waals surface area contributed by atoms with Crippen molar-refractivity contribution < 1.29 is 44.6 Å². The van der Waals surface area contributed by atoms with Gasteiger partial charge in [-0.05, 0) is 84.0 Å². The second-order valence-corrected chi connectivity index (χ2v) is 16.9. The highest BCUT2D eigenvalue weighted by molar-refractivity contribution is 7.87. The summed E-state index contributed by atoms with van der Waals surface area (Å²) in [7, 11) is -8.63. The zero-order chi connectivity index (χ0) is 32.4. The van der Waals surface area contributed by atoms with Crippen molar-refractivity contribution in [3.8, 4) is 5.75 Å². The van der Waals surface area contributed by atoms with Crippen LogP contribution < -0.4 is 4.74 Å². The first kappa shape index (κ1) is 29.6. The first-order chi connectivity index (χ1) is 22.5. The van der Waals surface area contributed by atoms with Crippen LogP contribution in [-0.2, 0) is 51.6 Å². The van der Waals surface area contributed by atoms with Crippen LogP contribution >= 0.6 is 0 Å². The lowest BCUT2D eigenvalue weighted by Crippen LogP contribution is -2.48. The predicted molar refractivity (Wildman–Crippen MR) is 166 cm³/mol. The SMILES string of the molecule is O=C(OC1C2CC3C1OS(=O)(=O)C3C2C(=O)Oc1ccc(S(=O)(=O)O)c2c1CCCC2)C1CC2c3ccccc3C1c1ccccc12. The number of benzene rings is 3. The summed E-state index contributed by atoms with van der Waals surface area (Å²) < 4.78 is 78.0. The lowest BCUT2D eigenvalue weighted by molar-refractivity contribution is -0.166. The highest BCUT2D eigenvalue weighted by atomic mass is 32.2. The number of hydrogen-bond donors (Lipinski definition) is 1. The highest BCUT2D eigenvalue weighted by Crippen LogP contribution is 2.60. The Bertz CT molecular complexity index is 2040. The van der Waals surface area contributed by atoms with Gasteiger partial charge in [-0.15, -0.1) is 0 Å². The highest BCUT2D eigenvalue weighted by Gasteiger charge is 2.72. The van der Waals surface area contributed by atoms with E-state index in [9.17, 15) is 31.0 Å². The monoisotopic (exact) mass is 676 g/mol. The molecule has 3 aromatic carbocycles. The van der Waals surface area contributed by atoms with Crippen molar-refractivity contribution in [1.29, 1.82) is 0 Å². The maximum absolute atomic E-state index is 14.1. The van der Waals surface area contributed by atoms with E-state index in [1.807, 2.05) is 24.3 Å². The fourth-order valence-corrected chi connectivity index (χ4v) is 12.7. The van der Waals surface area contributed by atoms with Gasteiger partial charge in [0.2, 0.25) is 0 Å². The molecule has 0 aromatic heterocycles. The van der Waals surface area contributed by atoms with Gasteiger partial charge in [0.25, 0.3) is 20.2 Å². The van der Waals surface area contributed by atoms with E-state index >= 15 is 0 Å². The standard InChI is InChI=1S/C35H32O10S2/c36-34(25-15-23-17-7-1-5-11-21(17)29(25)22-12-6-2-8-18(22)23)44-31-24-16-26-32(31)45-47(41,42)33(26)30(24)35(37)43-27-13-14-28(46(38,39)40)20-10-4-3-9-19(20)27/h1-2,5-8,11-14,23-26,29-33H,3-4,9-10,15-16H2,(H,38,39,40). The predicted octanol–water partition coefficient (Wildman–Crippen LogP) is 4.29. The van der Waals surface area contributed by atoms with E-state index in [0.717, 1.165) is 17.5 Å². The Labute approximate surface area is 272 Å². The Morgan fingerprint density at radius 3 is 2.11 bits per heavy atom. The summed E-state index contributed by atoms with van der Waals surface area (Å²) in [6.45, 7) is 0. The van der Waals surface area contributed by atoms with Gasteiger partial charge in [-0.3, -0.25) is 18.3 Å². The molecule has 1 heterocycles. The zero-order valence-electron chi connectivity index (χ0n) is 25.2. The largest absolute Gasteiger partial charge is 0.459 e. The third-order valence-electron chi connectivity index (χ3n) is 11.6. The molecule has 6 aliphatic carbocycles. The normalized spacial score (nSPS) is 33.5. The smallest absolute Gasteiger partial charge is 0.316 e. The first-order valence-corrected chi connectivity index (χ1v) is 19.1. The van der Waals surface area contributed by atoms with Crippen LogP contribution in [0.4, 0.5) is 0 Å². The minimum absolute atomic E-state index is 0.0401. The molecule has 12 heteroatoms. The molecular formula is C35H32O10S2. The Kier molecular flexibility index (Phi) is 6.42. The maximum Gasteiger partial charge on any atom is 0.316 e. The summed E-state index contributed by atoms with van der Waals surface area (Å²) in [4.78, 5) is 27.8. The molecule has 4 bridgehead atoms. The van der Waals surface area contributed by atoms with Crippen molar-refractivity contribution >= 4 is 32.2 Å². The van der Waals surface area contributed by atoms with Crippen LogP contribution in [0.1, 0.15) is 70.9 Å². The molecule has 3 aromatic rings. The number of rotatable bonds is 5. The molecule has 0 spiro atoms. The zero-order valence-corrected chi connectivity index (χ0v) is 26.8. The van der Waals surface area contributed by atoms with E-state index in [2.05, 4.69) is 24.3 Å². The van der Waals surface area contributed by atoms with Crippen molar-refractivity contribution in [3.63, 3.8) is 0 Å². The van der Waals surface area contributed by atoms with Crippen LogP contribution in [0.5, 0.6) is 5.75 Å². The number of carbonyl (C=O) groups excluding carboxylic acids is 2. The fraction of sp³-hybridized carbons (Fsp3) is 0.429. The van der Waals surface area contributed by atoms with Gasteiger partial charge >= 0.3 is 11.9 Å². The molecule has 3 fully saturated rings. The van der Waals surface area contributed by atoms with Crippen molar-refractivity contribution in [3.05, 3.63) is 94.0 Å². The number of fused-ring (bicyclic) bond motifs is 3. The second-order valence-electron chi connectivity index (χ2n) is 13.8. The first-order valence-electron chi connectivity index (χ1n) is 16.2. The summed E-state index contributed by atoms with van der Waals surface area (Å²) in [5.41, 5.74) is 5.54.